The lowest BCUT2D eigenvalue weighted by atomic mass is 9.95. The van der Waals surface area contributed by atoms with Gasteiger partial charge in [0.1, 0.15) is 5.75 Å². The van der Waals surface area contributed by atoms with Gasteiger partial charge in [-0.05, 0) is 43.1 Å². The number of benzene rings is 1. The van der Waals surface area contributed by atoms with Crippen LogP contribution in [0.4, 0.5) is 0 Å². The summed E-state index contributed by atoms with van der Waals surface area (Å²) >= 11 is 3.50. The van der Waals surface area contributed by atoms with Crippen LogP contribution in [0.3, 0.4) is 0 Å². The minimum absolute atomic E-state index is 0.502. The summed E-state index contributed by atoms with van der Waals surface area (Å²) in [7, 11) is 3.70. The van der Waals surface area contributed by atoms with E-state index in [0.717, 1.165) is 23.2 Å². The number of rotatable bonds is 5. The van der Waals surface area contributed by atoms with E-state index < -0.39 is 0 Å². The Hall–Kier alpha value is -0.540. The SMILES string of the molecule is CCC(CNC)c1cc(Br)ccc1OC. The van der Waals surface area contributed by atoms with Crippen molar-refractivity contribution in [1.29, 1.82) is 0 Å². The molecule has 3 heteroatoms. The minimum atomic E-state index is 0.502. The summed E-state index contributed by atoms with van der Waals surface area (Å²) in [5.41, 5.74) is 1.27. The lowest BCUT2D eigenvalue weighted by Gasteiger charge is -2.18. The van der Waals surface area contributed by atoms with Gasteiger partial charge in [0.25, 0.3) is 0 Å². The minimum Gasteiger partial charge on any atom is -0.496 e. The number of ether oxygens (including phenoxy) is 1. The molecule has 84 valence electrons. The van der Waals surface area contributed by atoms with Crippen LogP contribution >= 0.6 is 15.9 Å². The van der Waals surface area contributed by atoms with E-state index in [-0.39, 0.29) is 0 Å². The van der Waals surface area contributed by atoms with Gasteiger partial charge in [-0.3, -0.25) is 0 Å². The van der Waals surface area contributed by atoms with E-state index in [2.05, 4.69) is 34.2 Å². The van der Waals surface area contributed by atoms with Crippen LogP contribution in [0.5, 0.6) is 5.75 Å². The number of hydrogen-bond donors (Lipinski definition) is 1. The van der Waals surface area contributed by atoms with Crippen molar-refractivity contribution in [3.63, 3.8) is 0 Å². The van der Waals surface area contributed by atoms with Crippen molar-refractivity contribution in [1.82, 2.24) is 5.32 Å². The van der Waals surface area contributed by atoms with E-state index in [1.165, 1.54) is 5.56 Å². The van der Waals surface area contributed by atoms with Crippen molar-refractivity contribution >= 4 is 15.9 Å². The van der Waals surface area contributed by atoms with E-state index in [1.807, 2.05) is 19.2 Å². The maximum atomic E-state index is 5.38. The van der Waals surface area contributed by atoms with Gasteiger partial charge < -0.3 is 10.1 Å². The molecule has 0 aliphatic rings. The molecule has 0 bridgehead atoms. The fourth-order valence-electron chi connectivity index (χ4n) is 1.74. The van der Waals surface area contributed by atoms with Gasteiger partial charge in [-0.2, -0.15) is 0 Å². The molecule has 2 nitrogen and oxygen atoms in total. The molecule has 0 amide bonds. The molecule has 0 aliphatic carbocycles. The molecular formula is C12H18BrNO. The van der Waals surface area contributed by atoms with Gasteiger partial charge in [-0.25, -0.2) is 0 Å². The first-order valence-corrected chi connectivity index (χ1v) is 6.00. The summed E-state index contributed by atoms with van der Waals surface area (Å²) in [4.78, 5) is 0. The van der Waals surface area contributed by atoms with Gasteiger partial charge in [0, 0.05) is 11.0 Å². The molecule has 1 aromatic carbocycles. The molecule has 0 aliphatic heterocycles. The van der Waals surface area contributed by atoms with Gasteiger partial charge >= 0.3 is 0 Å². The first-order chi connectivity index (χ1) is 7.22. The molecule has 1 N–H and O–H groups in total. The standard InChI is InChI=1S/C12H18BrNO/c1-4-9(8-14-2)11-7-10(13)5-6-12(11)15-3/h5-7,9,14H,4,8H2,1-3H3. The lowest BCUT2D eigenvalue weighted by molar-refractivity contribution is 0.403. The van der Waals surface area contributed by atoms with E-state index in [9.17, 15) is 0 Å². The van der Waals surface area contributed by atoms with E-state index in [0.29, 0.717) is 5.92 Å². The average Bonchev–Trinajstić information content (AvgIpc) is 2.26. The number of nitrogens with one attached hydrogen (secondary N) is 1. The van der Waals surface area contributed by atoms with Crippen molar-refractivity contribution in [3.8, 4) is 5.75 Å². The second kappa shape index (κ2) is 6.13. The predicted octanol–water partition coefficient (Wildman–Crippen LogP) is 3.17. The van der Waals surface area contributed by atoms with Gasteiger partial charge in [0.05, 0.1) is 7.11 Å². The number of methoxy groups -OCH3 is 1. The Balaban J connectivity index is 3.02. The molecular weight excluding hydrogens is 254 g/mol. The fraction of sp³-hybridized carbons (Fsp3) is 0.500. The van der Waals surface area contributed by atoms with Crippen LogP contribution in [0.25, 0.3) is 0 Å². The maximum absolute atomic E-state index is 5.38. The second-order valence-corrected chi connectivity index (χ2v) is 4.46. The zero-order valence-electron chi connectivity index (χ0n) is 9.51. The van der Waals surface area contributed by atoms with Crippen LogP contribution in [0, 0.1) is 0 Å². The quantitative estimate of drug-likeness (QED) is 0.889. The molecule has 0 saturated heterocycles. The van der Waals surface area contributed by atoms with Crippen molar-refractivity contribution in [2.24, 2.45) is 0 Å². The predicted molar refractivity (Wildman–Crippen MR) is 67.7 cm³/mol. The average molecular weight is 272 g/mol. The number of likely N-dealkylation sites (N-methyl/N-ethyl adjacent to an activating group) is 1. The Morgan fingerprint density at radius 2 is 2.20 bits per heavy atom. The smallest absolute Gasteiger partial charge is 0.122 e. The summed E-state index contributed by atoms with van der Waals surface area (Å²) in [5.74, 6) is 1.47. The maximum Gasteiger partial charge on any atom is 0.122 e. The molecule has 0 heterocycles. The topological polar surface area (TPSA) is 21.3 Å². The molecule has 1 atom stereocenters. The van der Waals surface area contributed by atoms with Crippen LogP contribution in [-0.2, 0) is 0 Å². The molecule has 1 rings (SSSR count). The highest BCUT2D eigenvalue weighted by molar-refractivity contribution is 9.10. The molecule has 0 aromatic heterocycles. The third-order valence-corrected chi connectivity index (χ3v) is 3.07. The van der Waals surface area contributed by atoms with Crippen molar-refractivity contribution in [2.45, 2.75) is 19.3 Å². The molecule has 1 unspecified atom stereocenters. The Bertz CT molecular complexity index is 314. The summed E-state index contributed by atoms with van der Waals surface area (Å²) in [6.07, 6.45) is 1.10. The van der Waals surface area contributed by atoms with Crippen molar-refractivity contribution in [3.05, 3.63) is 28.2 Å². The molecule has 1 aromatic rings. The highest BCUT2D eigenvalue weighted by Crippen LogP contribution is 2.31. The van der Waals surface area contributed by atoms with E-state index in [1.54, 1.807) is 7.11 Å². The first kappa shape index (κ1) is 12.5. The largest absolute Gasteiger partial charge is 0.496 e. The van der Waals surface area contributed by atoms with Gasteiger partial charge in [-0.1, -0.05) is 22.9 Å². The zero-order chi connectivity index (χ0) is 11.3. The molecule has 0 fully saturated rings. The third kappa shape index (κ3) is 3.21. The Morgan fingerprint density at radius 1 is 1.47 bits per heavy atom. The second-order valence-electron chi connectivity index (χ2n) is 3.55. The normalized spacial score (nSPS) is 12.5. The van der Waals surface area contributed by atoms with Crippen LogP contribution in [0.1, 0.15) is 24.8 Å². The number of hydrogen-bond acceptors (Lipinski definition) is 2. The Labute approximate surface area is 100 Å². The summed E-state index contributed by atoms with van der Waals surface area (Å²) < 4.78 is 6.49. The van der Waals surface area contributed by atoms with Crippen LogP contribution in [0.2, 0.25) is 0 Å². The fourth-order valence-corrected chi connectivity index (χ4v) is 2.12. The monoisotopic (exact) mass is 271 g/mol. The highest BCUT2D eigenvalue weighted by atomic mass is 79.9. The molecule has 0 saturated carbocycles. The highest BCUT2D eigenvalue weighted by Gasteiger charge is 2.13. The first-order valence-electron chi connectivity index (χ1n) is 5.21. The van der Waals surface area contributed by atoms with Crippen LogP contribution < -0.4 is 10.1 Å². The Morgan fingerprint density at radius 3 is 2.73 bits per heavy atom. The van der Waals surface area contributed by atoms with Gasteiger partial charge in [0.2, 0.25) is 0 Å². The summed E-state index contributed by atoms with van der Waals surface area (Å²) in [6, 6.07) is 6.16. The summed E-state index contributed by atoms with van der Waals surface area (Å²) in [5, 5.41) is 3.22. The molecule has 15 heavy (non-hydrogen) atoms. The lowest BCUT2D eigenvalue weighted by Crippen LogP contribution is -2.17. The van der Waals surface area contributed by atoms with Crippen molar-refractivity contribution in [2.75, 3.05) is 20.7 Å². The summed E-state index contributed by atoms with van der Waals surface area (Å²) in [6.45, 7) is 3.17. The van der Waals surface area contributed by atoms with Crippen molar-refractivity contribution < 1.29 is 4.74 Å². The van der Waals surface area contributed by atoms with Crippen LogP contribution in [-0.4, -0.2) is 20.7 Å². The van der Waals surface area contributed by atoms with Gasteiger partial charge in [-0.15, -0.1) is 0 Å². The third-order valence-electron chi connectivity index (χ3n) is 2.57. The zero-order valence-corrected chi connectivity index (χ0v) is 11.1. The number of halogens is 1. The molecule has 0 radical (unpaired) electrons. The van der Waals surface area contributed by atoms with E-state index >= 15 is 0 Å². The molecule has 0 spiro atoms. The Kier molecular flexibility index (Phi) is 5.12. The van der Waals surface area contributed by atoms with Crippen LogP contribution in [0.15, 0.2) is 22.7 Å². The van der Waals surface area contributed by atoms with E-state index in [4.69, 9.17) is 4.74 Å². The van der Waals surface area contributed by atoms with Gasteiger partial charge in [0.15, 0.2) is 0 Å².